The number of amides is 1. The number of rotatable bonds is 4. The quantitative estimate of drug-likeness (QED) is 0.332. The number of methoxy groups -OCH3 is 1. The molecule has 1 aliphatic heterocycles. The highest BCUT2D eigenvalue weighted by molar-refractivity contribution is 7.16. The predicted molar refractivity (Wildman–Crippen MR) is 119 cm³/mol. The number of Topliss-reactive ketones (excluding diaryl/α,β-unsaturated/α-hetero) is 1. The number of aliphatic hydroxyl groups is 1. The first-order valence-electron chi connectivity index (χ1n) is 8.95. The second-order valence-electron chi connectivity index (χ2n) is 6.67. The fourth-order valence-electron chi connectivity index (χ4n) is 3.27. The van der Waals surface area contributed by atoms with E-state index in [4.69, 9.17) is 16.3 Å². The summed E-state index contributed by atoms with van der Waals surface area (Å²) in [6.07, 6.45) is 0. The van der Waals surface area contributed by atoms with E-state index in [2.05, 4.69) is 4.98 Å². The van der Waals surface area contributed by atoms with Gasteiger partial charge in [0.1, 0.15) is 17.6 Å². The number of aliphatic hydroxyl groups excluding tert-OH is 1. The minimum absolute atomic E-state index is 0.00851. The van der Waals surface area contributed by atoms with Crippen molar-refractivity contribution >= 4 is 56.9 Å². The number of carbonyl (C=O) groups excluding carboxylic acids is 2. The van der Waals surface area contributed by atoms with Crippen LogP contribution < -0.4 is 9.64 Å². The summed E-state index contributed by atoms with van der Waals surface area (Å²) in [6, 6.07) is 7.60. The first-order chi connectivity index (χ1) is 14.3. The van der Waals surface area contributed by atoms with Crippen molar-refractivity contribution in [1.29, 1.82) is 0 Å². The molecular weight excluding hydrogens is 444 g/mol. The Bertz CT molecular complexity index is 1160. The van der Waals surface area contributed by atoms with Gasteiger partial charge >= 0.3 is 5.91 Å². The monoisotopic (exact) mass is 460 g/mol. The molecule has 0 aliphatic carbocycles. The number of thiophene rings is 1. The Kier molecular flexibility index (Phi) is 5.40. The number of hydrogen-bond donors (Lipinski definition) is 1. The van der Waals surface area contributed by atoms with Crippen LogP contribution in [0.4, 0.5) is 5.13 Å². The number of ketones is 1. The number of nitrogens with zero attached hydrogens (tertiary/aromatic N) is 2. The van der Waals surface area contributed by atoms with Crippen molar-refractivity contribution < 1.29 is 19.4 Å². The summed E-state index contributed by atoms with van der Waals surface area (Å²) in [6.45, 7) is 3.76. The molecule has 1 fully saturated rings. The molecule has 0 radical (unpaired) electrons. The molecule has 0 unspecified atom stereocenters. The van der Waals surface area contributed by atoms with Crippen LogP contribution >= 0.6 is 34.3 Å². The van der Waals surface area contributed by atoms with E-state index in [9.17, 15) is 14.7 Å². The number of ether oxygens (including phenoxy) is 1. The molecule has 2 aromatic heterocycles. The van der Waals surface area contributed by atoms with Crippen molar-refractivity contribution in [2.45, 2.75) is 19.9 Å². The van der Waals surface area contributed by atoms with Gasteiger partial charge in [-0.05, 0) is 43.5 Å². The van der Waals surface area contributed by atoms with E-state index in [0.29, 0.717) is 16.4 Å². The zero-order valence-electron chi connectivity index (χ0n) is 16.3. The van der Waals surface area contributed by atoms with Crippen LogP contribution in [0, 0.1) is 13.8 Å². The maximum atomic E-state index is 13.0. The number of carbonyl (C=O) groups is 2. The van der Waals surface area contributed by atoms with Gasteiger partial charge in [0.05, 0.1) is 23.4 Å². The second-order valence-corrected chi connectivity index (χ2v) is 9.24. The molecule has 6 nitrogen and oxygen atoms in total. The normalized spacial score (nSPS) is 18.3. The molecule has 1 atom stereocenters. The molecule has 154 valence electrons. The van der Waals surface area contributed by atoms with E-state index in [1.807, 2.05) is 31.4 Å². The number of aryl methyl sites for hydroxylation is 2. The Morgan fingerprint density at radius 1 is 1.27 bits per heavy atom. The lowest BCUT2D eigenvalue weighted by Gasteiger charge is -2.21. The molecule has 1 aromatic carbocycles. The van der Waals surface area contributed by atoms with Gasteiger partial charge < -0.3 is 9.84 Å². The van der Waals surface area contributed by atoms with E-state index < -0.39 is 17.7 Å². The summed E-state index contributed by atoms with van der Waals surface area (Å²) in [5.74, 6) is -1.33. The molecule has 4 rings (SSSR count). The number of thiazole rings is 1. The van der Waals surface area contributed by atoms with Gasteiger partial charge in [-0.2, -0.15) is 0 Å². The molecular formula is C21H17ClN2O4S2. The van der Waals surface area contributed by atoms with Crippen LogP contribution in [-0.2, 0) is 9.59 Å². The number of aromatic nitrogens is 1. The molecule has 0 spiro atoms. The van der Waals surface area contributed by atoms with E-state index in [1.54, 1.807) is 12.1 Å². The number of anilines is 1. The number of benzene rings is 1. The van der Waals surface area contributed by atoms with Crippen LogP contribution in [0.25, 0.3) is 5.76 Å². The molecule has 0 saturated carbocycles. The average molecular weight is 461 g/mol. The standard InChI is InChI=1S/C21H17ClN2O4S2/c1-10-11(2)30-21(23-10)24-17(15-5-4-8-29-15)16(19(26)20(24)27)18(25)12-6-7-14(28-3)13(22)9-12/h4-9,17,25H,1-3H3/b18-16+/t17-/m0/s1. The first-order valence-corrected chi connectivity index (χ1v) is 11.0. The Morgan fingerprint density at radius 3 is 2.60 bits per heavy atom. The van der Waals surface area contributed by atoms with Crippen LogP contribution in [0.1, 0.15) is 27.1 Å². The van der Waals surface area contributed by atoms with Crippen LogP contribution in [0.15, 0.2) is 41.3 Å². The van der Waals surface area contributed by atoms with Crippen LogP contribution in [0.2, 0.25) is 5.02 Å². The highest BCUT2D eigenvalue weighted by atomic mass is 35.5. The van der Waals surface area contributed by atoms with Crippen molar-refractivity contribution in [2.75, 3.05) is 12.0 Å². The minimum atomic E-state index is -0.768. The zero-order chi connectivity index (χ0) is 21.6. The second kappa shape index (κ2) is 7.86. The number of hydrogen-bond acceptors (Lipinski definition) is 7. The summed E-state index contributed by atoms with van der Waals surface area (Å²) >= 11 is 8.94. The topological polar surface area (TPSA) is 79.7 Å². The first kappa shape index (κ1) is 20.6. The zero-order valence-corrected chi connectivity index (χ0v) is 18.7. The maximum absolute atomic E-state index is 13.0. The summed E-state index contributed by atoms with van der Waals surface area (Å²) in [5, 5.41) is 13.6. The summed E-state index contributed by atoms with van der Waals surface area (Å²) in [4.78, 5) is 33.6. The third-order valence-electron chi connectivity index (χ3n) is 4.91. The summed E-state index contributed by atoms with van der Waals surface area (Å²) < 4.78 is 5.15. The molecule has 3 heterocycles. The Balaban J connectivity index is 1.91. The van der Waals surface area contributed by atoms with Gasteiger partial charge in [0.2, 0.25) is 0 Å². The van der Waals surface area contributed by atoms with Gasteiger partial charge in [0.25, 0.3) is 5.78 Å². The lowest BCUT2D eigenvalue weighted by molar-refractivity contribution is -0.132. The Labute approximate surface area is 186 Å². The van der Waals surface area contributed by atoms with E-state index >= 15 is 0 Å². The molecule has 3 aromatic rings. The molecule has 1 saturated heterocycles. The maximum Gasteiger partial charge on any atom is 0.301 e. The van der Waals surface area contributed by atoms with Crippen LogP contribution in [-0.4, -0.2) is 28.9 Å². The van der Waals surface area contributed by atoms with Crippen LogP contribution in [0.5, 0.6) is 5.75 Å². The van der Waals surface area contributed by atoms with E-state index in [-0.39, 0.29) is 16.4 Å². The largest absolute Gasteiger partial charge is 0.507 e. The third kappa shape index (κ3) is 3.30. The van der Waals surface area contributed by atoms with Crippen molar-refractivity contribution in [3.63, 3.8) is 0 Å². The summed E-state index contributed by atoms with van der Waals surface area (Å²) in [5.41, 5.74) is 1.13. The fourth-order valence-corrected chi connectivity index (χ4v) is 5.29. The van der Waals surface area contributed by atoms with Crippen molar-refractivity contribution in [3.8, 4) is 5.75 Å². The molecule has 30 heavy (non-hydrogen) atoms. The average Bonchev–Trinajstić information content (AvgIpc) is 3.42. The van der Waals surface area contributed by atoms with E-state index in [1.165, 1.54) is 40.7 Å². The predicted octanol–water partition coefficient (Wildman–Crippen LogP) is 5.11. The molecule has 1 N–H and O–H groups in total. The van der Waals surface area contributed by atoms with Gasteiger partial charge in [0, 0.05) is 15.3 Å². The van der Waals surface area contributed by atoms with Crippen molar-refractivity contribution in [1.82, 2.24) is 4.98 Å². The minimum Gasteiger partial charge on any atom is -0.507 e. The molecule has 9 heteroatoms. The number of halogens is 1. The highest BCUT2D eigenvalue weighted by Crippen LogP contribution is 2.45. The molecule has 0 bridgehead atoms. The Morgan fingerprint density at radius 2 is 2.03 bits per heavy atom. The van der Waals surface area contributed by atoms with Crippen molar-refractivity contribution in [3.05, 3.63) is 67.3 Å². The Hall–Kier alpha value is -2.68. The van der Waals surface area contributed by atoms with Gasteiger partial charge in [-0.15, -0.1) is 22.7 Å². The van der Waals surface area contributed by atoms with Gasteiger partial charge in [0.15, 0.2) is 5.13 Å². The SMILES string of the molecule is COc1ccc(/C(O)=C2\C(=O)C(=O)N(c3nc(C)c(C)s3)[C@H]2c2cccs2)cc1Cl. The fraction of sp³-hybridized carbons (Fsp3) is 0.190. The molecule has 1 aliphatic rings. The van der Waals surface area contributed by atoms with Gasteiger partial charge in [-0.1, -0.05) is 17.7 Å². The third-order valence-corrected chi connectivity index (χ3v) is 7.20. The smallest absolute Gasteiger partial charge is 0.301 e. The lowest BCUT2D eigenvalue weighted by Crippen LogP contribution is -2.29. The lowest BCUT2D eigenvalue weighted by atomic mass is 10.00. The van der Waals surface area contributed by atoms with Crippen molar-refractivity contribution in [2.24, 2.45) is 0 Å². The van der Waals surface area contributed by atoms with Gasteiger partial charge in [-0.3, -0.25) is 14.5 Å². The summed E-state index contributed by atoms with van der Waals surface area (Å²) in [7, 11) is 1.49. The van der Waals surface area contributed by atoms with Gasteiger partial charge in [-0.25, -0.2) is 4.98 Å². The highest BCUT2D eigenvalue weighted by Gasteiger charge is 2.48. The molecule has 1 amide bonds. The van der Waals surface area contributed by atoms with E-state index in [0.717, 1.165) is 15.4 Å². The van der Waals surface area contributed by atoms with Crippen LogP contribution in [0.3, 0.4) is 0 Å².